The summed E-state index contributed by atoms with van der Waals surface area (Å²) in [5.74, 6) is -0.166. The molecule has 0 spiro atoms. The highest BCUT2D eigenvalue weighted by Gasteiger charge is 2.22. The molecule has 102 valence electrons. The normalized spacial score (nSPS) is 14.5. The Kier molecular flexibility index (Phi) is 6.30. The second-order valence-corrected chi connectivity index (χ2v) is 4.62. The van der Waals surface area contributed by atoms with Crippen molar-refractivity contribution in [2.24, 2.45) is 0 Å². The molecule has 1 N–H and O–H groups in total. The van der Waals surface area contributed by atoms with E-state index >= 15 is 0 Å². The monoisotopic (exact) mass is 253 g/mol. The first-order chi connectivity index (χ1) is 8.60. The summed E-state index contributed by atoms with van der Waals surface area (Å²) in [5, 5.41) is 3.37. The molecular weight excluding hydrogens is 229 g/mol. The van der Waals surface area contributed by atoms with Crippen LogP contribution in [0.4, 0.5) is 4.39 Å². The van der Waals surface area contributed by atoms with Crippen molar-refractivity contribution >= 4 is 0 Å². The van der Waals surface area contributed by atoms with Gasteiger partial charge in [-0.3, -0.25) is 0 Å². The Bertz CT molecular complexity index is 368. The number of hydrogen-bond donors (Lipinski definition) is 1. The molecule has 0 heterocycles. The number of aryl methyl sites for hydroxylation is 1. The minimum Gasteiger partial charge on any atom is -0.377 e. The van der Waals surface area contributed by atoms with Crippen LogP contribution in [-0.4, -0.2) is 19.3 Å². The second kappa shape index (κ2) is 7.49. The Morgan fingerprint density at radius 2 is 2.06 bits per heavy atom. The topological polar surface area (TPSA) is 21.3 Å². The summed E-state index contributed by atoms with van der Waals surface area (Å²) in [6.45, 7) is 9.51. The van der Waals surface area contributed by atoms with E-state index in [0.717, 1.165) is 18.5 Å². The molecule has 0 amide bonds. The van der Waals surface area contributed by atoms with Crippen LogP contribution in [0.25, 0.3) is 0 Å². The SMILES string of the molecule is CCCNC(c1cc(C)ccc1F)C(C)OCC. The third-order valence-corrected chi connectivity index (χ3v) is 3.00. The molecule has 0 aliphatic rings. The fourth-order valence-corrected chi connectivity index (χ4v) is 2.09. The highest BCUT2D eigenvalue weighted by molar-refractivity contribution is 5.27. The zero-order chi connectivity index (χ0) is 13.5. The van der Waals surface area contributed by atoms with Crippen LogP contribution in [0.2, 0.25) is 0 Å². The van der Waals surface area contributed by atoms with E-state index in [1.165, 1.54) is 6.07 Å². The predicted octanol–water partition coefficient (Wildman–Crippen LogP) is 3.60. The zero-order valence-corrected chi connectivity index (χ0v) is 11.8. The molecule has 0 radical (unpaired) electrons. The standard InChI is InChI=1S/C15H24FNO/c1-5-9-17-15(12(4)18-6-2)13-10-11(3)7-8-14(13)16/h7-8,10,12,15,17H,5-6,9H2,1-4H3. The van der Waals surface area contributed by atoms with Gasteiger partial charge >= 0.3 is 0 Å². The van der Waals surface area contributed by atoms with Gasteiger partial charge in [0.05, 0.1) is 12.1 Å². The molecule has 1 aromatic rings. The Morgan fingerprint density at radius 3 is 2.67 bits per heavy atom. The van der Waals surface area contributed by atoms with Crippen molar-refractivity contribution in [3.63, 3.8) is 0 Å². The molecule has 0 fully saturated rings. The summed E-state index contributed by atoms with van der Waals surface area (Å²) < 4.78 is 19.6. The van der Waals surface area contributed by atoms with Gasteiger partial charge in [0, 0.05) is 12.2 Å². The predicted molar refractivity (Wildman–Crippen MR) is 73.3 cm³/mol. The maximum absolute atomic E-state index is 14.0. The van der Waals surface area contributed by atoms with Gasteiger partial charge in [-0.25, -0.2) is 4.39 Å². The third kappa shape index (κ3) is 4.07. The first kappa shape index (κ1) is 15.1. The maximum atomic E-state index is 14.0. The fraction of sp³-hybridized carbons (Fsp3) is 0.600. The first-order valence-corrected chi connectivity index (χ1v) is 6.71. The smallest absolute Gasteiger partial charge is 0.128 e. The van der Waals surface area contributed by atoms with Gasteiger partial charge in [0.2, 0.25) is 0 Å². The lowest BCUT2D eigenvalue weighted by molar-refractivity contribution is 0.0463. The molecule has 2 unspecified atom stereocenters. The van der Waals surface area contributed by atoms with Gasteiger partial charge in [-0.15, -0.1) is 0 Å². The van der Waals surface area contributed by atoms with Crippen LogP contribution in [0.1, 0.15) is 44.4 Å². The molecule has 1 rings (SSSR count). The number of hydrogen-bond acceptors (Lipinski definition) is 2. The van der Waals surface area contributed by atoms with E-state index in [2.05, 4.69) is 12.2 Å². The number of nitrogens with one attached hydrogen (secondary N) is 1. The Balaban J connectivity index is 2.96. The summed E-state index contributed by atoms with van der Waals surface area (Å²) in [4.78, 5) is 0. The van der Waals surface area contributed by atoms with E-state index in [9.17, 15) is 4.39 Å². The van der Waals surface area contributed by atoms with Gasteiger partial charge in [0.1, 0.15) is 5.82 Å². The maximum Gasteiger partial charge on any atom is 0.128 e. The van der Waals surface area contributed by atoms with Crippen molar-refractivity contribution in [1.29, 1.82) is 0 Å². The zero-order valence-electron chi connectivity index (χ0n) is 11.8. The first-order valence-electron chi connectivity index (χ1n) is 6.71. The van der Waals surface area contributed by atoms with E-state index in [1.807, 2.05) is 26.8 Å². The van der Waals surface area contributed by atoms with Gasteiger partial charge in [-0.05, 0) is 39.8 Å². The lowest BCUT2D eigenvalue weighted by Crippen LogP contribution is -2.33. The van der Waals surface area contributed by atoms with Crippen LogP contribution in [0.3, 0.4) is 0 Å². The van der Waals surface area contributed by atoms with Crippen LogP contribution in [0, 0.1) is 12.7 Å². The largest absolute Gasteiger partial charge is 0.377 e. The summed E-state index contributed by atoms with van der Waals surface area (Å²) in [6, 6.07) is 5.13. The van der Waals surface area contributed by atoms with Gasteiger partial charge in [0.25, 0.3) is 0 Å². The van der Waals surface area contributed by atoms with Crippen molar-refractivity contribution in [2.75, 3.05) is 13.2 Å². The van der Waals surface area contributed by atoms with Crippen molar-refractivity contribution < 1.29 is 9.13 Å². The quantitative estimate of drug-likeness (QED) is 0.801. The molecule has 0 bridgehead atoms. The number of halogens is 1. The van der Waals surface area contributed by atoms with Crippen LogP contribution in [0.5, 0.6) is 0 Å². The van der Waals surface area contributed by atoms with Crippen molar-refractivity contribution in [1.82, 2.24) is 5.32 Å². The highest BCUT2D eigenvalue weighted by atomic mass is 19.1. The Labute approximate surface area is 110 Å². The average Bonchev–Trinajstić information content (AvgIpc) is 2.34. The van der Waals surface area contributed by atoms with Crippen molar-refractivity contribution in [3.05, 3.63) is 35.1 Å². The summed E-state index contributed by atoms with van der Waals surface area (Å²) in [7, 11) is 0. The number of rotatable bonds is 7. The average molecular weight is 253 g/mol. The van der Waals surface area contributed by atoms with Gasteiger partial charge in [0.15, 0.2) is 0 Å². The van der Waals surface area contributed by atoms with Crippen molar-refractivity contribution in [3.8, 4) is 0 Å². The summed E-state index contributed by atoms with van der Waals surface area (Å²) in [6.07, 6.45) is 0.973. The fourth-order valence-electron chi connectivity index (χ4n) is 2.09. The van der Waals surface area contributed by atoms with E-state index in [4.69, 9.17) is 4.74 Å². The lowest BCUT2D eigenvalue weighted by Gasteiger charge is -2.26. The van der Waals surface area contributed by atoms with E-state index in [0.29, 0.717) is 12.2 Å². The minimum absolute atomic E-state index is 0.0437. The van der Waals surface area contributed by atoms with Gasteiger partial charge < -0.3 is 10.1 Å². The molecule has 0 aromatic heterocycles. The lowest BCUT2D eigenvalue weighted by atomic mass is 9.99. The molecule has 0 aliphatic carbocycles. The Hall–Kier alpha value is -0.930. The van der Waals surface area contributed by atoms with Crippen LogP contribution >= 0.6 is 0 Å². The number of ether oxygens (including phenoxy) is 1. The second-order valence-electron chi connectivity index (χ2n) is 4.62. The van der Waals surface area contributed by atoms with Gasteiger partial charge in [-0.2, -0.15) is 0 Å². The molecular formula is C15H24FNO. The molecule has 2 nitrogen and oxygen atoms in total. The molecule has 1 aromatic carbocycles. The van der Waals surface area contributed by atoms with Crippen LogP contribution < -0.4 is 5.32 Å². The van der Waals surface area contributed by atoms with Gasteiger partial charge in [-0.1, -0.05) is 24.6 Å². The van der Waals surface area contributed by atoms with E-state index < -0.39 is 0 Å². The summed E-state index contributed by atoms with van der Waals surface area (Å²) in [5.41, 5.74) is 1.77. The molecule has 2 atom stereocenters. The van der Waals surface area contributed by atoms with E-state index in [-0.39, 0.29) is 18.0 Å². The minimum atomic E-state index is -0.166. The molecule has 0 aliphatic heterocycles. The molecule has 18 heavy (non-hydrogen) atoms. The molecule has 3 heteroatoms. The van der Waals surface area contributed by atoms with E-state index in [1.54, 1.807) is 6.07 Å². The highest BCUT2D eigenvalue weighted by Crippen LogP contribution is 2.23. The van der Waals surface area contributed by atoms with Crippen molar-refractivity contribution in [2.45, 2.75) is 46.3 Å². The van der Waals surface area contributed by atoms with Crippen LogP contribution in [-0.2, 0) is 4.74 Å². The Morgan fingerprint density at radius 1 is 1.33 bits per heavy atom. The summed E-state index contributed by atoms with van der Waals surface area (Å²) >= 11 is 0. The third-order valence-electron chi connectivity index (χ3n) is 3.00. The molecule has 0 saturated heterocycles. The molecule has 0 saturated carbocycles. The van der Waals surface area contributed by atoms with Crippen LogP contribution in [0.15, 0.2) is 18.2 Å². The number of benzene rings is 1.